The average Bonchev–Trinajstić information content (AvgIpc) is 2.96. The van der Waals surface area contributed by atoms with E-state index in [9.17, 15) is 4.79 Å². The lowest BCUT2D eigenvalue weighted by Gasteiger charge is -2.00. The second kappa shape index (κ2) is 4.72. The van der Waals surface area contributed by atoms with Crippen LogP contribution in [-0.4, -0.2) is 20.4 Å². The molecule has 1 aromatic carbocycles. The molecule has 2 heterocycles. The summed E-state index contributed by atoms with van der Waals surface area (Å²) in [4.78, 5) is 20.5. The average molecular weight is 286 g/mol. The van der Waals surface area contributed by atoms with E-state index in [0.29, 0.717) is 11.0 Å². The van der Waals surface area contributed by atoms with Gasteiger partial charge < -0.3 is 4.57 Å². The number of amides is 1. The molecule has 0 saturated carbocycles. The van der Waals surface area contributed by atoms with Gasteiger partial charge in [0.25, 0.3) is 5.91 Å². The molecule has 1 amide bonds. The minimum Gasteiger partial charge on any atom is -0.330 e. The molecule has 0 bridgehead atoms. The lowest BCUT2D eigenvalue weighted by molar-refractivity contribution is 0.101. The van der Waals surface area contributed by atoms with E-state index in [4.69, 9.17) is 0 Å². The van der Waals surface area contributed by atoms with Crippen molar-refractivity contribution in [2.75, 3.05) is 5.32 Å². The summed E-state index contributed by atoms with van der Waals surface area (Å²) in [6, 6.07) is 4.14. The van der Waals surface area contributed by atoms with Crippen LogP contribution in [0, 0.1) is 13.8 Å². The van der Waals surface area contributed by atoms with Gasteiger partial charge in [-0.2, -0.15) is 0 Å². The topological polar surface area (TPSA) is 59.8 Å². The van der Waals surface area contributed by atoms with Crippen LogP contribution in [0.1, 0.15) is 21.7 Å². The van der Waals surface area contributed by atoms with Crippen molar-refractivity contribution >= 4 is 32.6 Å². The molecule has 0 aliphatic carbocycles. The molecule has 3 aromatic rings. The van der Waals surface area contributed by atoms with Gasteiger partial charge in [0.2, 0.25) is 0 Å². The number of imidazole rings is 1. The second-order valence-electron chi connectivity index (χ2n) is 4.74. The number of carbonyl (C=O) groups excluding carboxylic acids is 1. The lowest BCUT2D eigenvalue weighted by atomic mass is 10.1. The molecule has 0 fully saturated rings. The van der Waals surface area contributed by atoms with E-state index >= 15 is 0 Å². The summed E-state index contributed by atoms with van der Waals surface area (Å²) >= 11 is 1.47. The van der Waals surface area contributed by atoms with Gasteiger partial charge in [-0.05, 0) is 37.1 Å². The van der Waals surface area contributed by atoms with Gasteiger partial charge in [-0.15, -0.1) is 0 Å². The van der Waals surface area contributed by atoms with Crippen LogP contribution in [-0.2, 0) is 7.05 Å². The predicted octanol–water partition coefficient (Wildman–Crippen LogP) is 2.90. The van der Waals surface area contributed by atoms with Crippen molar-refractivity contribution in [3.05, 3.63) is 41.5 Å². The normalized spacial score (nSPS) is 10.9. The summed E-state index contributed by atoms with van der Waals surface area (Å²) in [6.07, 6.45) is 3.33. The van der Waals surface area contributed by atoms with Crippen LogP contribution in [0.3, 0.4) is 0 Å². The monoisotopic (exact) mass is 286 g/mol. The Morgan fingerprint density at radius 3 is 2.75 bits per heavy atom. The van der Waals surface area contributed by atoms with Crippen molar-refractivity contribution in [1.29, 1.82) is 0 Å². The summed E-state index contributed by atoms with van der Waals surface area (Å²) < 4.78 is 2.75. The molecule has 0 aliphatic rings. The summed E-state index contributed by atoms with van der Waals surface area (Å²) in [5.74, 6) is 0.126. The number of hydrogen-bond donors (Lipinski definition) is 1. The molecular weight excluding hydrogens is 272 g/mol. The number of hydrogen-bond acceptors (Lipinski definition) is 4. The highest BCUT2D eigenvalue weighted by molar-refractivity contribution is 7.22. The molecule has 2 aromatic heterocycles. The third-order valence-electron chi connectivity index (χ3n) is 3.25. The number of aromatic nitrogens is 3. The van der Waals surface area contributed by atoms with Gasteiger partial charge in [-0.1, -0.05) is 11.3 Å². The van der Waals surface area contributed by atoms with Gasteiger partial charge >= 0.3 is 0 Å². The molecule has 20 heavy (non-hydrogen) atoms. The summed E-state index contributed by atoms with van der Waals surface area (Å²) in [5.41, 5.74) is 3.33. The van der Waals surface area contributed by atoms with Gasteiger partial charge in [0.1, 0.15) is 0 Å². The summed E-state index contributed by atoms with van der Waals surface area (Å²) in [5, 5.41) is 3.39. The number of anilines is 1. The number of aryl methyl sites for hydroxylation is 3. The van der Waals surface area contributed by atoms with Crippen LogP contribution in [0.5, 0.6) is 0 Å². The minimum absolute atomic E-state index is 0.245. The highest BCUT2D eigenvalue weighted by Crippen LogP contribution is 2.28. The number of rotatable bonds is 2. The third kappa shape index (κ3) is 2.18. The zero-order chi connectivity index (χ0) is 14.3. The van der Waals surface area contributed by atoms with E-state index in [0.717, 1.165) is 10.2 Å². The molecule has 0 aliphatic heterocycles. The Bertz CT molecular complexity index is 764. The highest BCUT2D eigenvalue weighted by atomic mass is 32.1. The van der Waals surface area contributed by atoms with Crippen molar-refractivity contribution in [3.63, 3.8) is 0 Å². The van der Waals surface area contributed by atoms with Crippen LogP contribution in [0.4, 0.5) is 5.13 Å². The number of nitrogens with zero attached hydrogens (tertiary/aromatic N) is 3. The van der Waals surface area contributed by atoms with Crippen molar-refractivity contribution in [2.24, 2.45) is 7.05 Å². The summed E-state index contributed by atoms with van der Waals surface area (Å²) in [6.45, 7) is 4.13. The molecule has 0 radical (unpaired) electrons. The number of benzene rings is 1. The molecule has 0 unspecified atom stereocenters. The minimum atomic E-state index is -0.245. The van der Waals surface area contributed by atoms with E-state index in [1.54, 1.807) is 24.0 Å². The SMILES string of the molecule is Cc1cc2nc(NC(=O)c3nccn3C)sc2cc1C. The smallest absolute Gasteiger partial charge is 0.293 e. The number of thiazole rings is 1. The standard InChI is InChI=1S/C14H14N4OS/c1-8-6-10-11(7-9(8)2)20-14(16-10)17-13(19)12-15-4-5-18(12)3/h4-7H,1-3H3,(H,16,17,19). The lowest BCUT2D eigenvalue weighted by Crippen LogP contribution is -2.16. The van der Waals surface area contributed by atoms with Gasteiger partial charge in [-0.25, -0.2) is 9.97 Å². The first-order chi connectivity index (χ1) is 9.54. The van der Waals surface area contributed by atoms with Crippen LogP contribution in [0.25, 0.3) is 10.2 Å². The molecule has 3 rings (SSSR count). The van der Waals surface area contributed by atoms with Crippen molar-refractivity contribution in [2.45, 2.75) is 13.8 Å². The first-order valence-electron chi connectivity index (χ1n) is 6.21. The highest BCUT2D eigenvalue weighted by Gasteiger charge is 2.13. The number of carbonyl (C=O) groups is 1. The molecular formula is C14H14N4OS. The Labute approximate surface area is 120 Å². The Kier molecular flexibility index (Phi) is 3.02. The van der Waals surface area contributed by atoms with Crippen LogP contribution in [0.2, 0.25) is 0 Å². The molecule has 0 spiro atoms. The maximum atomic E-state index is 12.1. The fraction of sp³-hybridized carbons (Fsp3) is 0.214. The van der Waals surface area contributed by atoms with Crippen LogP contribution in [0.15, 0.2) is 24.5 Å². The first kappa shape index (κ1) is 12.8. The van der Waals surface area contributed by atoms with E-state index < -0.39 is 0 Å². The van der Waals surface area contributed by atoms with E-state index in [-0.39, 0.29) is 5.91 Å². The largest absolute Gasteiger partial charge is 0.330 e. The van der Waals surface area contributed by atoms with Crippen LogP contribution < -0.4 is 5.32 Å². The van der Waals surface area contributed by atoms with E-state index in [1.165, 1.54) is 22.5 Å². The van der Waals surface area contributed by atoms with Crippen molar-refractivity contribution in [1.82, 2.24) is 14.5 Å². The van der Waals surface area contributed by atoms with Gasteiger partial charge in [0.15, 0.2) is 11.0 Å². The molecule has 0 atom stereocenters. The third-order valence-corrected chi connectivity index (χ3v) is 4.18. The zero-order valence-electron chi connectivity index (χ0n) is 11.5. The molecule has 0 saturated heterocycles. The van der Waals surface area contributed by atoms with E-state index in [2.05, 4.69) is 35.2 Å². The Balaban J connectivity index is 1.92. The predicted molar refractivity (Wildman–Crippen MR) is 80.3 cm³/mol. The fourth-order valence-electron chi connectivity index (χ4n) is 1.97. The van der Waals surface area contributed by atoms with Gasteiger partial charge in [0.05, 0.1) is 10.2 Å². The van der Waals surface area contributed by atoms with E-state index in [1.807, 2.05) is 6.07 Å². The Morgan fingerprint density at radius 2 is 2.05 bits per heavy atom. The van der Waals surface area contributed by atoms with Crippen molar-refractivity contribution in [3.8, 4) is 0 Å². The Hall–Kier alpha value is -2.21. The Morgan fingerprint density at radius 1 is 1.30 bits per heavy atom. The van der Waals surface area contributed by atoms with Gasteiger partial charge in [0, 0.05) is 19.4 Å². The molecule has 5 nitrogen and oxygen atoms in total. The van der Waals surface area contributed by atoms with Crippen LogP contribution >= 0.6 is 11.3 Å². The number of nitrogens with one attached hydrogen (secondary N) is 1. The fourth-order valence-corrected chi connectivity index (χ4v) is 2.91. The maximum absolute atomic E-state index is 12.1. The molecule has 6 heteroatoms. The first-order valence-corrected chi connectivity index (χ1v) is 7.02. The van der Waals surface area contributed by atoms with Gasteiger partial charge in [-0.3, -0.25) is 10.1 Å². The second-order valence-corrected chi connectivity index (χ2v) is 5.77. The summed E-state index contributed by atoms with van der Waals surface area (Å²) in [7, 11) is 1.78. The molecule has 102 valence electrons. The quantitative estimate of drug-likeness (QED) is 0.788. The maximum Gasteiger partial charge on any atom is 0.293 e. The zero-order valence-corrected chi connectivity index (χ0v) is 12.3. The van der Waals surface area contributed by atoms with Crippen molar-refractivity contribution < 1.29 is 4.79 Å². The molecule has 1 N–H and O–H groups in total. The number of fused-ring (bicyclic) bond motifs is 1.